The third-order valence-corrected chi connectivity index (χ3v) is 6.67. The molecule has 1 fully saturated rings. The number of sulfonamides is 1. The molecule has 3 rings (SSSR count). The molecule has 0 aliphatic carbocycles. The van der Waals surface area contributed by atoms with E-state index in [0.717, 1.165) is 0 Å². The summed E-state index contributed by atoms with van der Waals surface area (Å²) in [5.74, 6) is -0.324. The highest BCUT2D eigenvalue weighted by atomic mass is 35.5. The molecule has 0 radical (unpaired) electrons. The molecule has 0 spiro atoms. The van der Waals surface area contributed by atoms with Gasteiger partial charge in [0.05, 0.1) is 15.6 Å². The predicted molar refractivity (Wildman–Crippen MR) is 98.6 cm³/mol. The third-order valence-electron chi connectivity index (χ3n) is 4.15. The lowest BCUT2D eigenvalue weighted by atomic mass is 10.2. The highest BCUT2D eigenvalue weighted by Crippen LogP contribution is 2.32. The Kier molecular flexibility index (Phi) is 5.06. The zero-order valence-corrected chi connectivity index (χ0v) is 15.7. The Bertz CT molecular complexity index is 903. The van der Waals surface area contributed by atoms with Gasteiger partial charge in [0.1, 0.15) is 6.04 Å². The maximum absolute atomic E-state index is 12.8. The van der Waals surface area contributed by atoms with E-state index < -0.39 is 16.1 Å². The van der Waals surface area contributed by atoms with Crippen LogP contribution < -0.4 is 4.90 Å². The number of rotatable bonds is 3. The number of amides is 1. The normalized spacial score (nSPS) is 19.2. The minimum Gasteiger partial charge on any atom is -0.308 e. The number of piperazine rings is 1. The Balaban J connectivity index is 1.89. The molecule has 1 aliphatic heterocycles. The fourth-order valence-electron chi connectivity index (χ4n) is 2.85. The Labute approximate surface area is 156 Å². The number of halogens is 2. The molecule has 1 saturated heterocycles. The molecule has 1 amide bonds. The molecule has 1 atom stereocenters. The molecule has 8 heteroatoms. The highest BCUT2D eigenvalue weighted by Gasteiger charge is 2.39. The van der Waals surface area contributed by atoms with Gasteiger partial charge in [-0.3, -0.25) is 4.79 Å². The van der Waals surface area contributed by atoms with E-state index in [1.807, 2.05) is 0 Å². The van der Waals surface area contributed by atoms with Gasteiger partial charge in [0.2, 0.25) is 15.9 Å². The molecular weight excluding hydrogens is 383 g/mol. The largest absolute Gasteiger partial charge is 0.308 e. The molecule has 0 saturated carbocycles. The summed E-state index contributed by atoms with van der Waals surface area (Å²) in [6, 6.07) is 12.1. The van der Waals surface area contributed by atoms with Crippen molar-refractivity contribution in [2.45, 2.75) is 17.9 Å². The van der Waals surface area contributed by atoms with Gasteiger partial charge < -0.3 is 4.90 Å². The number of carbonyl (C=O) groups excluding carboxylic acids is 1. The Morgan fingerprint density at radius 3 is 2.36 bits per heavy atom. The minimum absolute atomic E-state index is 0.174. The van der Waals surface area contributed by atoms with Gasteiger partial charge in [-0.25, -0.2) is 8.42 Å². The fraction of sp³-hybridized carbons (Fsp3) is 0.235. The van der Waals surface area contributed by atoms with E-state index in [0.29, 0.717) is 15.7 Å². The molecule has 0 unspecified atom stereocenters. The van der Waals surface area contributed by atoms with Crippen molar-refractivity contribution in [3.63, 3.8) is 0 Å². The van der Waals surface area contributed by atoms with Gasteiger partial charge in [-0.05, 0) is 37.3 Å². The lowest BCUT2D eigenvalue weighted by molar-refractivity contribution is -0.123. The molecule has 0 N–H and O–H groups in total. The Morgan fingerprint density at radius 2 is 1.72 bits per heavy atom. The number of anilines is 1. The smallest absolute Gasteiger partial charge is 0.245 e. The van der Waals surface area contributed by atoms with Crippen molar-refractivity contribution in [3.05, 3.63) is 58.6 Å². The first kappa shape index (κ1) is 18.2. The summed E-state index contributed by atoms with van der Waals surface area (Å²) in [5.41, 5.74) is 0.527. The van der Waals surface area contributed by atoms with Crippen LogP contribution in [-0.4, -0.2) is 37.8 Å². The predicted octanol–water partition coefficient (Wildman–Crippen LogP) is 3.42. The van der Waals surface area contributed by atoms with Crippen LogP contribution in [0.4, 0.5) is 5.69 Å². The van der Waals surface area contributed by atoms with Crippen molar-refractivity contribution in [1.29, 1.82) is 0 Å². The van der Waals surface area contributed by atoms with E-state index in [1.54, 1.807) is 43.3 Å². The standard InChI is InChI=1S/C17H16Cl2N2O3S/c1-12-17(22)20(16-8-7-13(18)11-15(16)19)9-10-21(12)25(23,24)14-5-3-2-4-6-14/h2-8,11-12H,9-10H2,1H3/t12-/m1/s1. The molecular formula is C17H16Cl2N2O3S. The quantitative estimate of drug-likeness (QED) is 0.795. The van der Waals surface area contributed by atoms with Gasteiger partial charge in [-0.15, -0.1) is 0 Å². The first-order chi connectivity index (χ1) is 11.8. The SMILES string of the molecule is C[C@@H]1C(=O)N(c2ccc(Cl)cc2Cl)CCN1S(=O)(=O)c1ccccc1. The first-order valence-corrected chi connectivity index (χ1v) is 9.85. The summed E-state index contributed by atoms with van der Waals surface area (Å²) in [4.78, 5) is 14.5. The van der Waals surface area contributed by atoms with Crippen molar-refractivity contribution in [3.8, 4) is 0 Å². The molecule has 25 heavy (non-hydrogen) atoms. The zero-order valence-electron chi connectivity index (χ0n) is 13.4. The average molecular weight is 399 g/mol. The molecule has 0 aromatic heterocycles. The van der Waals surface area contributed by atoms with Crippen molar-refractivity contribution in [2.75, 3.05) is 18.0 Å². The Hall–Kier alpha value is -1.60. The van der Waals surface area contributed by atoms with Crippen LogP contribution in [-0.2, 0) is 14.8 Å². The maximum Gasteiger partial charge on any atom is 0.245 e. The summed E-state index contributed by atoms with van der Waals surface area (Å²) in [6.07, 6.45) is 0. The molecule has 0 bridgehead atoms. The van der Waals surface area contributed by atoms with E-state index in [4.69, 9.17) is 23.2 Å². The van der Waals surface area contributed by atoms with Crippen molar-refractivity contribution >= 4 is 44.8 Å². The van der Waals surface area contributed by atoms with Crippen molar-refractivity contribution in [1.82, 2.24) is 4.31 Å². The zero-order chi connectivity index (χ0) is 18.2. The lowest BCUT2D eigenvalue weighted by Gasteiger charge is -2.38. The highest BCUT2D eigenvalue weighted by molar-refractivity contribution is 7.89. The van der Waals surface area contributed by atoms with Crippen LogP contribution in [0.1, 0.15) is 6.92 Å². The summed E-state index contributed by atoms with van der Waals surface area (Å²) < 4.78 is 26.8. The lowest BCUT2D eigenvalue weighted by Crippen LogP contribution is -2.57. The van der Waals surface area contributed by atoms with E-state index in [-0.39, 0.29) is 23.9 Å². The molecule has 1 heterocycles. The maximum atomic E-state index is 12.8. The van der Waals surface area contributed by atoms with Crippen molar-refractivity contribution in [2.24, 2.45) is 0 Å². The van der Waals surface area contributed by atoms with E-state index in [9.17, 15) is 13.2 Å². The van der Waals surface area contributed by atoms with Gasteiger partial charge in [-0.2, -0.15) is 4.31 Å². The topological polar surface area (TPSA) is 57.7 Å². The van der Waals surface area contributed by atoms with Crippen molar-refractivity contribution < 1.29 is 13.2 Å². The van der Waals surface area contributed by atoms with E-state index >= 15 is 0 Å². The number of hydrogen-bond acceptors (Lipinski definition) is 3. The van der Waals surface area contributed by atoms with Crippen LogP contribution in [0.3, 0.4) is 0 Å². The Morgan fingerprint density at radius 1 is 1.04 bits per heavy atom. The second-order valence-electron chi connectivity index (χ2n) is 5.69. The second kappa shape index (κ2) is 6.96. The summed E-state index contributed by atoms with van der Waals surface area (Å²) in [6.45, 7) is 1.98. The van der Waals surface area contributed by atoms with Gasteiger partial charge in [-0.1, -0.05) is 41.4 Å². The van der Waals surface area contributed by atoms with Crippen LogP contribution in [0.5, 0.6) is 0 Å². The summed E-state index contributed by atoms with van der Waals surface area (Å²) in [7, 11) is -3.73. The van der Waals surface area contributed by atoms with Crippen LogP contribution >= 0.6 is 23.2 Å². The minimum atomic E-state index is -3.73. The summed E-state index contributed by atoms with van der Waals surface area (Å²) in [5, 5.41) is 0.826. The first-order valence-electron chi connectivity index (χ1n) is 7.65. The number of benzene rings is 2. The fourth-order valence-corrected chi connectivity index (χ4v) is 4.96. The van der Waals surface area contributed by atoms with Crippen LogP contribution in [0.25, 0.3) is 0 Å². The average Bonchev–Trinajstić information content (AvgIpc) is 2.58. The molecule has 2 aromatic carbocycles. The number of carbonyl (C=O) groups is 1. The van der Waals surface area contributed by atoms with Crippen LogP contribution in [0.2, 0.25) is 10.0 Å². The van der Waals surface area contributed by atoms with Crippen LogP contribution in [0.15, 0.2) is 53.4 Å². The molecule has 132 valence electrons. The van der Waals surface area contributed by atoms with E-state index in [1.165, 1.54) is 21.3 Å². The molecule has 5 nitrogen and oxygen atoms in total. The van der Waals surface area contributed by atoms with Gasteiger partial charge >= 0.3 is 0 Å². The van der Waals surface area contributed by atoms with Gasteiger partial charge in [0, 0.05) is 18.1 Å². The van der Waals surface area contributed by atoms with E-state index in [2.05, 4.69) is 0 Å². The molecule has 2 aromatic rings. The van der Waals surface area contributed by atoms with Gasteiger partial charge in [0.25, 0.3) is 0 Å². The molecule has 1 aliphatic rings. The van der Waals surface area contributed by atoms with Gasteiger partial charge in [0.15, 0.2) is 0 Å². The second-order valence-corrected chi connectivity index (χ2v) is 8.42. The summed E-state index contributed by atoms with van der Waals surface area (Å²) >= 11 is 12.1. The van der Waals surface area contributed by atoms with Crippen LogP contribution in [0, 0.1) is 0 Å². The number of hydrogen-bond donors (Lipinski definition) is 0. The monoisotopic (exact) mass is 398 g/mol. The number of nitrogens with zero attached hydrogens (tertiary/aromatic N) is 2. The third kappa shape index (κ3) is 3.40.